The second kappa shape index (κ2) is 7.44. The Balaban J connectivity index is 2.28. The average Bonchev–Trinajstić information content (AvgIpc) is 2.47. The normalized spacial score (nSPS) is 12.4. The predicted octanol–water partition coefficient (Wildman–Crippen LogP) is 2.01. The lowest BCUT2D eigenvalue weighted by Gasteiger charge is -2.15. The Morgan fingerprint density at radius 1 is 0.957 bits per heavy atom. The fourth-order valence-electron chi connectivity index (χ4n) is 1.83. The van der Waals surface area contributed by atoms with Gasteiger partial charge in [-0.05, 0) is 30.3 Å². The van der Waals surface area contributed by atoms with Crippen molar-refractivity contribution in [2.75, 3.05) is 28.0 Å². The Hall–Kier alpha value is -2.10. The van der Waals surface area contributed by atoms with Gasteiger partial charge >= 0.3 is 0 Å². The molecule has 0 heterocycles. The van der Waals surface area contributed by atoms with E-state index in [1.54, 1.807) is 18.2 Å². The first-order chi connectivity index (χ1) is 10.8. The zero-order chi connectivity index (χ0) is 16.9. The van der Waals surface area contributed by atoms with E-state index in [0.717, 1.165) is 17.6 Å². The fourth-order valence-corrected chi connectivity index (χ4v) is 2.66. The van der Waals surface area contributed by atoms with Crippen LogP contribution in [0.3, 0.4) is 0 Å². The van der Waals surface area contributed by atoms with Crippen LogP contribution in [0.4, 0.5) is 22.7 Å². The molecule has 4 N–H and O–H groups in total. The Morgan fingerprint density at radius 3 is 2.26 bits per heavy atom. The number of hydrazine groups is 1. The summed E-state index contributed by atoms with van der Waals surface area (Å²) in [6, 6.07) is 14.6. The van der Waals surface area contributed by atoms with Gasteiger partial charge in [-0.15, -0.1) is 0 Å². The third-order valence-corrected chi connectivity index (χ3v) is 3.69. The number of hydrogen-bond donors (Lipinski definition) is 4. The van der Waals surface area contributed by atoms with Crippen molar-refractivity contribution in [3.05, 3.63) is 48.5 Å². The highest BCUT2D eigenvalue weighted by atomic mass is 32.2. The van der Waals surface area contributed by atoms with Gasteiger partial charge in [-0.1, -0.05) is 18.2 Å². The van der Waals surface area contributed by atoms with Gasteiger partial charge in [0.2, 0.25) is 10.0 Å². The van der Waals surface area contributed by atoms with E-state index in [0.29, 0.717) is 11.4 Å². The van der Waals surface area contributed by atoms with Gasteiger partial charge in [-0.2, -0.15) is 4.83 Å². The summed E-state index contributed by atoms with van der Waals surface area (Å²) in [7, 11) is -4.72. The zero-order valence-corrected chi connectivity index (χ0v) is 14.3. The smallest absolute Gasteiger partial charge is 0.229 e. The predicted molar refractivity (Wildman–Crippen MR) is 95.5 cm³/mol. The lowest BCUT2D eigenvalue weighted by Crippen LogP contribution is -2.24. The Bertz CT molecular complexity index is 795. The van der Waals surface area contributed by atoms with E-state index in [-0.39, 0.29) is 0 Å². The van der Waals surface area contributed by atoms with Gasteiger partial charge in [-0.25, -0.2) is 12.6 Å². The number of hydrogen-bond acceptors (Lipinski definition) is 5. The first-order valence-electron chi connectivity index (χ1n) is 6.62. The van der Waals surface area contributed by atoms with Crippen molar-refractivity contribution in [2.24, 2.45) is 0 Å². The number of anilines is 4. The van der Waals surface area contributed by atoms with Crippen molar-refractivity contribution in [3.8, 4) is 0 Å². The molecule has 1 atom stereocenters. The molecule has 2 aromatic carbocycles. The zero-order valence-electron chi connectivity index (χ0n) is 12.7. The molecule has 2 aromatic rings. The molecule has 23 heavy (non-hydrogen) atoms. The third kappa shape index (κ3) is 5.89. The largest absolute Gasteiger partial charge is 0.355 e. The molecule has 0 bridgehead atoms. The molecule has 0 saturated heterocycles. The number of rotatable bonds is 7. The Kier molecular flexibility index (Phi) is 5.59. The highest BCUT2D eigenvalue weighted by Gasteiger charge is 2.09. The van der Waals surface area contributed by atoms with E-state index >= 15 is 0 Å². The standard InChI is InChI=1S/C14H18N4O3S2/c1-22(19)18-16-14-10-12(15-11-6-4-3-5-7-11)8-9-13(14)17-23(2,20)21/h3-10,15-18H,1-2H3. The fraction of sp³-hybridized carbons (Fsp3) is 0.143. The van der Waals surface area contributed by atoms with Gasteiger partial charge in [-0.3, -0.25) is 4.72 Å². The van der Waals surface area contributed by atoms with Crippen molar-refractivity contribution in [2.45, 2.75) is 0 Å². The van der Waals surface area contributed by atoms with Crippen LogP contribution >= 0.6 is 0 Å². The van der Waals surface area contributed by atoms with Crippen molar-refractivity contribution in [3.63, 3.8) is 0 Å². The van der Waals surface area contributed by atoms with Crippen molar-refractivity contribution < 1.29 is 12.6 Å². The van der Waals surface area contributed by atoms with Gasteiger partial charge in [0.15, 0.2) is 0 Å². The lowest BCUT2D eigenvalue weighted by molar-refractivity contribution is 0.607. The highest BCUT2D eigenvalue weighted by molar-refractivity contribution is 7.92. The molecule has 7 nitrogen and oxygen atoms in total. The van der Waals surface area contributed by atoms with Crippen LogP contribution in [0.25, 0.3) is 0 Å². The van der Waals surface area contributed by atoms with E-state index in [4.69, 9.17) is 0 Å². The number of sulfonamides is 1. The molecule has 0 radical (unpaired) electrons. The molecule has 2 rings (SSSR count). The molecular formula is C14H18N4O3S2. The molecule has 0 saturated carbocycles. The summed E-state index contributed by atoms with van der Waals surface area (Å²) in [6.07, 6.45) is 2.53. The summed E-state index contributed by atoms with van der Waals surface area (Å²) in [5, 5.41) is 3.20. The topological polar surface area (TPSA) is 99.3 Å². The second-order valence-electron chi connectivity index (χ2n) is 4.81. The minimum atomic E-state index is -3.42. The summed E-state index contributed by atoms with van der Waals surface area (Å²) in [5.74, 6) is 0. The third-order valence-electron chi connectivity index (χ3n) is 2.71. The van der Waals surface area contributed by atoms with Gasteiger partial charge in [0, 0.05) is 17.6 Å². The van der Waals surface area contributed by atoms with Crippen LogP contribution in [0.2, 0.25) is 0 Å². The molecule has 1 unspecified atom stereocenters. The summed E-state index contributed by atoms with van der Waals surface area (Å²) in [5.41, 5.74) is 5.19. The summed E-state index contributed by atoms with van der Waals surface area (Å²) in [4.78, 5) is 2.54. The van der Waals surface area contributed by atoms with Gasteiger partial charge in [0.1, 0.15) is 11.0 Å². The van der Waals surface area contributed by atoms with Crippen LogP contribution in [0.15, 0.2) is 48.5 Å². The van der Waals surface area contributed by atoms with E-state index in [1.165, 1.54) is 6.26 Å². The van der Waals surface area contributed by atoms with Crippen LogP contribution in [0, 0.1) is 0 Å². The summed E-state index contributed by atoms with van der Waals surface area (Å²) >= 11 is 0. The van der Waals surface area contributed by atoms with Crippen molar-refractivity contribution in [1.82, 2.24) is 4.83 Å². The molecule has 0 aromatic heterocycles. The van der Waals surface area contributed by atoms with E-state index < -0.39 is 21.0 Å². The second-order valence-corrected chi connectivity index (χ2v) is 7.67. The van der Waals surface area contributed by atoms with Gasteiger partial charge in [0.05, 0.1) is 17.6 Å². The molecule has 0 aliphatic heterocycles. The number of para-hydroxylation sites is 1. The molecule has 0 aliphatic carbocycles. The molecule has 0 aliphatic rings. The first-order valence-corrected chi connectivity index (χ1v) is 10.1. The maximum absolute atomic E-state index is 11.4. The minimum Gasteiger partial charge on any atom is -0.355 e. The number of benzene rings is 2. The first kappa shape index (κ1) is 17.3. The Labute approximate surface area is 138 Å². The highest BCUT2D eigenvalue weighted by Crippen LogP contribution is 2.28. The maximum Gasteiger partial charge on any atom is 0.229 e. The van der Waals surface area contributed by atoms with Crippen molar-refractivity contribution >= 4 is 43.8 Å². The minimum absolute atomic E-state index is 0.351. The van der Waals surface area contributed by atoms with Crippen molar-refractivity contribution in [1.29, 1.82) is 0 Å². The van der Waals surface area contributed by atoms with Crippen LogP contribution in [-0.4, -0.2) is 25.1 Å². The molecular weight excluding hydrogens is 336 g/mol. The van der Waals surface area contributed by atoms with E-state index in [2.05, 4.69) is 20.3 Å². The monoisotopic (exact) mass is 354 g/mol. The average molecular weight is 354 g/mol. The van der Waals surface area contributed by atoms with Gasteiger partial charge in [0.25, 0.3) is 0 Å². The summed E-state index contributed by atoms with van der Waals surface area (Å²) in [6.45, 7) is 0. The lowest BCUT2D eigenvalue weighted by atomic mass is 10.2. The van der Waals surface area contributed by atoms with E-state index in [9.17, 15) is 12.6 Å². The molecule has 0 spiro atoms. The summed E-state index contributed by atoms with van der Waals surface area (Å²) < 4.78 is 36.4. The van der Waals surface area contributed by atoms with Gasteiger partial charge < -0.3 is 10.7 Å². The quantitative estimate of drug-likeness (QED) is 0.570. The van der Waals surface area contributed by atoms with Crippen LogP contribution in [0.1, 0.15) is 0 Å². The molecule has 0 fully saturated rings. The van der Waals surface area contributed by atoms with Crippen LogP contribution in [-0.2, 0) is 21.0 Å². The number of nitrogens with one attached hydrogen (secondary N) is 4. The maximum atomic E-state index is 11.4. The molecule has 124 valence electrons. The SMILES string of the molecule is CS(=O)NNc1cc(Nc2ccccc2)ccc1NS(C)(=O)=O. The molecule has 9 heteroatoms. The van der Waals surface area contributed by atoms with Crippen LogP contribution < -0.4 is 20.3 Å². The van der Waals surface area contributed by atoms with E-state index in [1.807, 2.05) is 30.3 Å². The molecule has 0 amide bonds. The van der Waals surface area contributed by atoms with Crippen LogP contribution in [0.5, 0.6) is 0 Å². The Morgan fingerprint density at radius 2 is 1.65 bits per heavy atom.